The lowest BCUT2D eigenvalue weighted by atomic mass is 10.1. The molecule has 7 nitrogen and oxygen atoms in total. The van der Waals surface area contributed by atoms with Crippen molar-refractivity contribution in [2.45, 2.75) is 13.0 Å². The van der Waals surface area contributed by atoms with E-state index >= 15 is 0 Å². The van der Waals surface area contributed by atoms with E-state index < -0.39 is 12.1 Å². The van der Waals surface area contributed by atoms with Gasteiger partial charge in [0.1, 0.15) is 11.5 Å². The molecule has 1 aromatic heterocycles. The molecule has 0 aliphatic rings. The van der Waals surface area contributed by atoms with Crippen LogP contribution in [0.15, 0.2) is 71.1 Å². The van der Waals surface area contributed by atoms with Gasteiger partial charge >= 0.3 is 5.97 Å². The third-order valence-corrected chi connectivity index (χ3v) is 4.51. The number of benzene rings is 3. The van der Waals surface area contributed by atoms with E-state index in [1.807, 2.05) is 54.6 Å². The van der Waals surface area contributed by atoms with Gasteiger partial charge in [-0.1, -0.05) is 30.3 Å². The van der Waals surface area contributed by atoms with E-state index in [1.165, 1.54) is 0 Å². The molecule has 0 fully saturated rings. The zero-order valence-corrected chi connectivity index (χ0v) is 16.6. The van der Waals surface area contributed by atoms with E-state index in [0.717, 1.165) is 22.1 Å². The van der Waals surface area contributed by atoms with Crippen molar-refractivity contribution < 1.29 is 23.4 Å². The normalized spacial score (nSPS) is 11.8. The highest BCUT2D eigenvalue weighted by Gasteiger charge is 2.19. The standard InChI is InChI=1S/C23H20N2O5/c1-15(22-24-25-23(30-22)17-8-10-19(27-2)11-9-17)29-21(26)14-28-20-12-7-16-5-3-4-6-18(16)13-20/h3-13,15H,14H2,1-2H3/t15-/m1/s1. The second-order valence-electron chi connectivity index (χ2n) is 6.60. The summed E-state index contributed by atoms with van der Waals surface area (Å²) in [7, 11) is 1.60. The highest BCUT2D eigenvalue weighted by atomic mass is 16.6. The first-order chi connectivity index (χ1) is 14.6. The Morgan fingerprint density at radius 2 is 1.70 bits per heavy atom. The Bertz CT molecular complexity index is 1150. The van der Waals surface area contributed by atoms with Gasteiger partial charge in [-0.25, -0.2) is 4.79 Å². The van der Waals surface area contributed by atoms with Crippen LogP contribution in [-0.2, 0) is 9.53 Å². The lowest BCUT2D eigenvalue weighted by Gasteiger charge is -2.11. The number of hydrogen-bond donors (Lipinski definition) is 0. The molecule has 1 heterocycles. The molecule has 0 unspecified atom stereocenters. The molecule has 0 N–H and O–H groups in total. The van der Waals surface area contributed by atoms with Crippen LogP contribution in [0.3, 0.4) is 0 Å². The summed E-state index contributed by atoms with van der Waals surface area (Å²) in [5.41, 5.74) is 0.743. The number of ether oxygens (including phenoxy) is 3. The fourth-order valence-electron chi connectivity index (χ4n) is 2.93. The van der Waals surface area contributed by atoms with Crippen LogP contribution in [0, 0.1) is 0 Å². The van der Waals surface area contributed by atoms with Gasteiger partial charge < -0.3 is 18.6 Å². The molecule has 0 aliphatic carbocycles. The van der Waals surface area contributed by atoms with Crippen molar-refractivity contribution in [1.82, 2.24) is 10.2 Å². The van der Waals surface area contributed by atoms with Gasteiger partial charge in [0.05, 0.1) is 7.11 Å². The number of hydrogen-bond acceptors (Lipinski definition) is 7. The summed E-state index contributed by atoms with van der Waals surface area (Å²) in [4.78, 5) is 12.2. The number of methoxy groups -OCH3 is 1. The minimum atomic E-state index is -0.697. The minimum Gasteiger partial charge on any atom is -0.497 e. The topological polar surface area (TPSA) is 83.7 Å². The van der Waals surface area contributed by atoms with Gasteiger partial charge in [0.15, 0.2) is 12.7 Å². The van der Waals surface area contributed by atoms with E-state index in [1.54, 1.807) is 26.2 Å². The van der Waals surface area contributed by atoms with Crippen LogP contribution < -0.4 is 9.47 Å². The first-order valence-electron chi connectivity index (χ1n) is 9.41. The minimum absolute atomic E-state index is 0.208. The van der Waals surface area contributed by atoms with E-state index in [9.17, 15) is 4.79 Å². The largest absolute Gasteiger partial charge is 0.497 e. The highest BCUT2D eigenvalue weighted by Crippen LogP contribution is 2.25. The van der Waals surface area contributed by atoms with Crippen LogP contribution in [0.2, 0.25) is 0 Å². The number of fused-ring (bicyclic) bond motifs is 1. The first kappa shape index (κ1) is 19.4. The monoisotopic (exact) mass is 404 g/mol. The van der Waals surface area contributed by atoms with Crippen LogP contribution in [0.5, 0.6) is 11.5 Å². The van der Waals surface area contributed by atoms with Gasteiger partial charge in [0.25, 0.3) is 5.89 Å². The number of rotatable bonds is 7. The second-order valence-corrected chi connectivity index (χ2v) is 6.60. The zero-order chi connectivity index (χ0) is 20.9. The predicted molar refractivity (Wildman–Crippen MR) is 110 cm³/mol. The molecule has 4 rings (SSSR count). The van der Waals surface area contributed by atoms with Crippen LogP contribution in [0.4, 0.5) is 0 Å². The predicted octanol–water partition coefficient (Wildman–Crippen LogP) is 4.58. The van der Waals surface area contributed by atoms with Gasteiger partial charge in [-0.3, -0.25) is 0 Å². The summed E-state index contributed by atoms with van der Waals surface area (Å²) >= 11 is 0. The summed E-state index contributed by atoms with van der Waals surface area (Å²) in [6, 6.07) is 20.8. The van der Waals surface area contributed by atoms with Gasteiger partial charge in [-0.05, 0) is 54.1 Å². The molecular formula is C23H20N2O5. The fourth-order valence-corrected chi connectivity index (χ4v) is 2.93. The fraction of sp³-hybridized carbons (Fsp3) is 0.174. The number of carbonyl (C=O) groups excluding carboxylic acids is 1. The van der Waals surface area contributed by atoms with Gasteiger partial charge in [0, 0.05) is 5.56 Å². The maximum atomic E-state index is 12.2. The molecule has 4 aromatic rings. The van der Waals surface area contributed by atoms with Gasteiger partial charge in [-0.2, -0.15) is 0 Å². The average molecular weight is 404 g/mol. The lowest BCUT2D eigenvalue weighted by Crippen LogP contribution is -2.17. The Kier molecular flexibility index (Phi) is 5.61. The summed E-state index contributed by atoms with van der Waals surface area (Å²) in [5, 5.41) is 10.1. The molecule has 7 heteroatoms. The Morgan fingerprint density at radius 1 is 0.967 bits per heavy atom. The van der Waals surface area contributed by atoms with Crippen molar-refractivity contribution in [3.8, 4) is 23.0 Å². The molecule has 0 spiro atoms. The third kappa shape index (κ3) is 4.41. The number of esters is 1. The molecule has 0 saturated carbocycles. The van der Waals surface area contributed by atoms with Crippen molar-refractivity contribution in [3.63, 3.8) is 0 Å². The van der Waals surface area contributed by atoms with Crippen LogP contribution >= 0.6 is 0 Å². The van der Waals surface area contributed by atoms with Crippen molar-refractivity contribution in [1.29, 1.82) is 0 Å². The maximum Gasteiger partial charge on any atom is 0.344 e. The molecule has 1 atom stereocenters. The molecule has 0 bridgehead atoms. The van der Waals surface area contributed by atoms with Crippen LogP contribution in [-0.4, -0.2) is 29.9 Å². The zero-order valence-electron chi connectivity index (χ0n) is 16.6. The third-order valence-electron chi connectivity index (χ3n) is 4.51. The molecule has 3 aromatic carbocycles. The lowest BCUT2D eigenvalue weighted by molar-refractivity contribution is -0.152. The molecular weight excluding hydrogens is 384 g/mol. The summed E-state index contributed by atoms with van der Waals surface area (Å²) in [6.45, 7) is 1.45. The molecule has 0 aliphatic heterocycles. The number of carbonyl (C=O) groups is 1. The van der Waals surface area contributed by atoms with Crippen molar-refractivity contribution in [2.24, 2.45) is 0 Å². The van der Waals surface area contributed by atoms with E-state index in [0.29, 0.717) is 11.6 Å². The van der Waals surface area contributed by atoms with Gasteiger partial charge in [0.2, 0.25) is 5.89 Å². The molecule has 0 amide bonds. The van der Waals surface area contributed by atoms with Crippen molar-refractivity contribution in [3.05, 3.63) is 72.6 Å². The Labute approximate surface area is 173 Å². The average Bonchev–Trinajstić information content (AvgIpc) is 3.28. The van der Waals surface area contributed by atoms with Crippen LogP contribution in [0.25, 0.3) is 22.2 Å². The Hall–Kier alpha value is -3.87. The Balaban J connectivity index is 1.34. The molecule has 152 valence electrons. The van der Waals surface area contributed by atoms with E-state index in [2.05, 4.69) is 10.2 Å². The van der Waals surface area contributed by atoms with Crippen molar-refractivity contribution in [2.75, 3.05) is 13.7 Å². The second kappa shape index (κ2) is 8.65. The smallest absolute Gasteiger partial charge is 0.344 e. The summed E-state index contributed by atoms with van der Waals surface area (Å²) in [5.74, 6) is 1.34. The SMILES string of the molecule is COc1ccc(-c2nnc([C@@H](C)OC(=O)COc3ccc4ccccc4c3)o2)cc1. The molecule has 0 radical (unpaired) electrons. The van der Waals surface area contributed by atoms with Gasteiger partial charge in [-0.15, -0.1) is 10.2 Å². The number of nitrogens with zero attached hydrogens (tertiary/aromatic N) is 2. The van der Waals surface area contributed by atoms with Crippen LogP contribution in [0.1, 0.15) is 18.9 Å². The summed E-state index contributed by atoms with van der Waals surface area (Å²) in [6.07, 6.45) is -0.697. The highest BCUT2D eigenvalue weighted by molar-refractivity contribution is 5.83. The molecule has 0 saturated heterocycles. The first-order valence-corrected chi connectivity index (χ1v) is 9.41. The Morgan fingerprint density at radius 3 is 2.47 bits per heavy atom. The van der Waals surface area contributed by atoms with E-state index in [-0.39, 0.29) is 12.5 Å². The molecule has 30 heavy (non-hydrogen) atoms. The van der Waals surface area contributed by atoms with Crippen molar-refractivity contribution >= 4 is 16.7 Å². The van der Waals surface area contributed by atoms with E-state index in [4.69, 9.17) is 18.6 Å². The maximum absolute atomic E-state index is 12.2. The number of aromatic nitrogens is 2. The quantitative estimate of drug-likeness (QED) is 0.417. The summed E-state index contributed by atoms with van der Waals surface area (Å²) < 4.78 is 21.7.